The summed E-state index contributed by atoms with van der Waals surface area (Å²) in [5, 5.41) is 5.64. The first kappa shape index (κ1) is 22.2. The van der Waals surface area contributed by atoms with E-state index < -0.39 is 0 Å². The van der Waals surface area contributed by atoms with E-state index in [9.17, 15) is 9.59 Å². The van der Waals surface area contributed by atoms with Crippen LogP contribution in [-0.4, -0.2) is 32.2 Å². The number of aromatic nitrogens is 3. The fourth-order valence-corrected chi connectivity index (χ4v) is 3.41. The number of oxazole rings is 1. The Balaban J connectivity index is 1.39. The summed E-state index contributed by atoms with van der Waals surface area (Å²) in [7, 11) is 0. The van der Waals surface area contributed by atoms with Crippen LogP contribution in [-0.2, 0) is 11.3 Å². The Hall–Kier alpha value is -4.05. The number of benzene rings is 2. The van der Waals surface area contributed by atoms with Crippen molar-refractivity contribution in [3.05, 3.63) is 77.9 Å². The van der Waals surface area contributed by atoms with E-state index >= 15 is 0 Å². The van der Waals surface area contributed by atoms with E-state index in [0.29, 0.717) is 34.3 Å². The molecule has 2 aromatic carbocycles. The Morgan fingerprint density at radius 1 is 1.09 bits per heavy atom. The summed E-state index contributed by atoms with van der Waals surface area (Å²) in [6, 6.07) is 16.6. The topological polar surface area (TPSA) is 119 Å². The van der Waals surface area contributed by atoms with Crippen LogP contribution >= 0.6 is 11.7 Å². The number of para-hydroxylation sites is 2. The average Bonchev–Trinajstić information content (AvgIpc) is 3.49. The largest absolute Gasteiger partial charge is 0.493 e. The Morgan fingerprint density at radius 2 is 1.88 bits per heavy atom. The summed E-state index contributed by atoms with van der Waals surface area (Å²) < 4.78 is 19.1. The smallest absolute Gasteiger partial charge is 0.272 e. The van der Waals surface area contributed by atoms with Gasteiger partial charge in [0.25, 0.3) is 5.91 Å². The van der Waals surface area contributed by atoms with Crippen molar-refractivity contribution >= 4 is 29.2 Å². The number of nitrogens with one attached hydrogen (secondary N) is 2. The van der Waals surface area contributed by atoms with Crippen LogP contribution in [0.5, 0.6) is 5.75 Å². The molecule has 0 atom stereocenters. The zero-order valence-electron chi connectivity index (χ0n) is 17.8. The number of carbonyl (C=O) groups is 2. The van der Waals surface area contributed by atoms with Crippen LogP contribution in [0.3, 0.4) is 0 Å². The number of rotatable bonds is 9. The standard InChI is InChI=1S/C23H21N5O4S/c1-15-19(13-24-22(30)20-14-25-33-28-20)27-23(32-15)17-9-5-6-10-18(17)26-21(29)11-12-31-16-7-3-2-4-8-16/h2-10,14H,11-13H2,1H3,(H,24,30)(H,26,29). The second-order valence-corrected chi connectivity index (χ2v) is 7.56. The number of hydrogen-bond donors (Lipinski definition) is 2. The van der Waals surface area contributed by atoms with E-state index in [0.717, 1.165) is 11.7 Å². The molecule has 0 bridgehead atoms. The van der Waals surface area contributed by atoms with Crippen LogP contribution in [0.4, 0.5) is 5.69 Å². The minimum absolute atomic E-state index is 0.178. The van der Waals surface area contributed by atoms with Gasteiger partial charge in [-0.15, -0.1) is 0 Å². The van der Waals surface area contributed by atoms with E-state index in [2.05, 4.69) is 24.4 Å². The molecule has 168 valence electrons. The van der Waals surface area contributed by atoms with E-state index in [4.69, 9.17) is 9.15 Å². The lowest BCUT2D eigenvalue weighted by Gasteiger charge is -2.09. The van der Waals surface area contributed by atoms with Gasteiger partial charge in [-0.3, -0.25) is 9.59 Å². The van der Waals surface area contributed by atoms with Crippen LogP contribution in [0.25, 0.3) is 11.5 Å². The van der Waals surface area contributed by atoms with Gasteiger partial charge in [-0.2, -0.15) is 8.75 Å². The predicted molar refractivity (Wildman–Crippen MR) is 123 cm³/mol. The first-order chi connectivity index (χ1) is 16.1. The maximum atomic E-state index is 12.4. The van der Waals surface area contributed by atoms with E-state index in [1.807, 2.05) is 48.5 Å². The van der Waals surface area contributed by atoms with E-state index in [-0.39, 0.29) is 37.1 Å². The fourth-order valence-electron chi connectivity index (χ4n) is 3.00. The van der Waals surface area contributed by atoms with Gasteiger partial charge in [-0.25, -0.2) is 4.98 Å². The maximum Gasteiger partial charge on any atom is 0.272 e. The molecule has 2 N–H and O–H groups in total. The molecule has 0 aliphatic carbocycles. The third-order valence-electron chi connectivity index (χ3n) is 4.68. The lowest BCUT2D eigenvalue weighted by atomic mass is 10.1. The zero-order chi connectivity index (χ0) is 23.0. The molecule has 4 rings (SSSR count). The molecule has 0 aliphatic heterocycles. The summed E-state index contributed by atoms with van der Waals surface area (Å²) in [6.45, 7) is 2.20. The molecule has 0 spiro atoms. The highest BCUT2D eigenvalue weighted by molar-refractivity contribution is 6.99. The number of aryl methyl sites for hydroxylation is 1. The lowest BCUT2D eigenvalue weighted by molar-refractivity contribution is -0.116. The first-order valence-corrected chi connectivity index (χ1v) is 10.9. The Kier molecular flexibility index (Phi) is 7.06. The predicted octanol–water partition coefficient (Wildman–Crippen LogP) is 3.84. The molecule has 0 aliphatic rings. The van der Waals surface area contributed by atoms with Gasteiger partial charge in [-0.1, -0.05) is 30.3 Å². The fraction of sp³-hybridized carbons (Fsp3) is 0.174. The zero-order valence-corrected chi connectivity index (χ0v) is 18.6. The van der Waals surface area contributed by atoms with Gasteiger partial charge < -0.3 is 19.8 Å². The highest BCUT2D eigenvalue weighted by atomic mass is 32.1. The maximum absolute atomic E-state index is 12.4. The van der Waals surface area contributed by atoms with Crippen molar-refractivity contribution in [3.8, 4) is 17.2 Å². The van der Waals surface area contributed by atoms with Gasteiger partial charge in [-0.05, 0) is 31.2 Å². The number of nitrogens with zero attached hydrogens (tertiary/aromatic N) is 3. The molecule has 4 aromatic rings. The number of carbonyl (C=O) groups excluding carboxylic acids is 2. The van der Waals surface area contributed by atoms with Crippen LogP contribution in [0, 0.1) is 6.92 Å². The molecule has 2 amide bonds. The van der Waals surface area contributed by atoms with Crippen LogP contribution in [0.15, 0.2) is 65.2 Å². The van der Waals surface area contributed by atoms with Crippen molar-refractivity contribution in [1.82, 2.24) is 19.0 Å². The average molecular weight is 464 g/mol. The Bertz CT molecular complexity index is 1220. The summed E-state index contributed by atoms with van der Waals surface area (Å²) in [5.74, 6) is 1.11. The van der Waals surface area contributed by atoms with Gasteiger partial charge in [0, 0.05) is 0 Å². The van der Waals surface area contributed by atoms with Crippen molar-refractivity contribution in [2.45, 2.75) is 19.9 Å². The minimum Gasteiger partial charge on any atom is -0.493 e. The lowest BCUT2D eigenvalue weighted by Crippen LogP contribution is -2.23. The summed E-state index contributed by atoms with van der Waals surface area (Å²) in [5.41, 5.74) is 2.05. The molecule has 33 heavy (non-hydrogen) atoms. The number of anilines is 1. The second kappa shape index (κ2) is 10.5. The number of ether oxygens (including phenoxy) is 1. The van der Waals surface area contributed by atoms with Gasteiger partial charge in [0.05, 0.1) is 48.7 Å². The van der Waals surface area contributed by atoms with Crippen molar-refractivity contribution in [3.63, 3.8) is 0 Å². The quantitative estimate of drug-likeness (QED) is 0.387. The summed E-state index contributed by atoms with van der Waals surface area (Å²) >= 11 is 0.967. The van der Waals surface area contributed by atoms with Gasteiger partial charge in [0.1, 0.15) is 17.2 Å². The van der Waals surface area contributed by atoms with Crippen molar-refractivity contribution < 1.29 is 18.7 Å². The Morgan fingerprint density at radius 3 is 2.67 bits per heavy atom. The minimum atomic E-state index is -0.335. The van der Waals surface area contributed by atoms with Crippen LogP contribution in [0.1, 0.15) is 28.4 Å². The normalized spacial score (nSPS) is 10.6. The molecule has 2 aromatic heterocycles. The van der Waals surface area contributed by atoms with Crippen LogP contribution in [0.2, 0.25) is 0 Å². The number of amides is 2. The first-order valence-electron chi connectivity index (χ1n) is 10.2. The van der Waals surface area contributed by atoms with Gasteiger partial charge in [0.15, 0.2) is 5.69 Å². The van der Waals surface area contributed by atoms with Crippen LogP contribution < -0.4 is 15.4 Å². The van der Waals surface area contributed by atoms with Gasteiger partial charge >= 0.3 is 0 Å². The third-order valence-corrected chi connectivity index (χ3v) is 5.15. The molecule has 0 saturated carbocycles. The molecule has 0 fully saturated rings. The number of hydrogen-bond acceptors (Lipinski definition) is 8. The monoisotopic (exact) mass is 463 g/mol. The SMILES string of the molecule is Cc1oc(-c2ccccc2NC(=O)CCOc2ccccc2)nc1CNC(=O)c1cnsn1. The molecule has 2 heterocycles. The van der Waals surface area contributed by atoms with Crippen molar-refractivity contribution in [2.75, 3.05) is 11.9 Å². The summed E-state index contributed by atoms with van der Waals surface area (Å²) in [6.07, 6.45) is 1.60. The molecule has 0 unspecified atom stereocenters. The molecular weight excluding hydrogens is 442 g/mol. The summed E-state index contributed by atoms with van der Waals surface area (Å²) in [4.78, 5) is 29.1. The molecule has 0 saturated heterocycles. The molecular formula is C23H21N5O4S. The molecule has 10 heteroatoms. The highest BCUT2D eigenvalue weighted by Gasteiger charge is 2.17. The van der Waals surface area contributed by atoms with E-state index in [1.165, 1.54) is 6.20 Å². The molecule has 0 radical (unpaired) electrons. The highest BCUT2D eigenvalue weighted by Crippen LogP contribution is 2.29. The van der Waals surface area contributed by atoms with Crippen molar-refractivity contribution in [1.29, 1.82) is 0 Å². The second-order valence-electron chi connectivity index (χ2n) is 7.00. The molecule has 9 nitrogen and oxygen atoms in total. The third kappa shape index (κ3) is 5.80. The van der Waals surface area contributed by atoms with Crippen molar-refractivity contribution in [2.24, 2.45) is 0 Å². The van der Waals surface area contributed by atoms with E-state index in [1.54, 1.807) is 13.0 Å². The van der Waals surface area contributed by atoms with Gasteiger partial charge in [0.2, 0.25) is 11.8 Å². The Labute approximate surface area is 194 Å².